The van der Waals surface area contributed by atoms with E-state index < -0.39 is 0 Å². The van der Waals surface area contributed by atoms with Crippen LogP contribution in [0, 0.1) is 0 Å². The van der Waals surface area contributed by atoms with E-state index >= 15 is 0 Å². The highest BCUT2D eigenvalue weighted by Crippen LogP contribution is 2.50. The summed E-state index contributed by atoms with van der Waals surface area (Å²) in [6.07, 6.45) is 0. The monoisotopic (exact) mass is 519 g/mol. The molecule has 0 bridgehead atoms. The normalized spacial score (nSPS) is 14.7. The quantitative estimate of drug-likeness (QED) is 0.215. The van der Waals surface area contributed by atoms with Crippen molar-refractivity contribution in [2.45, 2.75) is 5.92 Å². The first-order chi connectivity index (χ1) is 20.3. The van der Waals surface area contributed by atoms with Crippen LogP contribution in [-0.4, -0.2) is 5.71 Å². The fourth-order valence-corrected chi connectivity index (χ4v) is 6.84. The van der Waals surface area contributed by atoms with Gasteiger partial charge in [-0.15, -0.1) is 0 Å². The van der Waals surface area contributed by atoms with Gasteiger partial charge in [0.05, 0.1) is 17.3 Å². The zero-order chi connectivity index (χ0) is 26.9. The van der Waals surface area contributed by atoms with Crippen molar-refractivity contribution in [3.63, 3.8) is 0 Å². The molecule has 0 saturated carbocycles. The molecule has 190 valence electrons. The van der Waals surface area contributed by atoms with Gasteiger partial charge in [0.1, 0.15) is 0 Å². The first-order valence-electron chi connectivity index (χ1n) is 14.2. The maximum absolute atomic E-state index is 5.12. The number of fused-ring (bicyclic) bond motifs is 10. The highest BCUT2D eigenvalue weighted by Gasteiger charge is 2.36. The van der Waals surface area contributed by atoms with Gasteiger partial charge < -0.3 is 0 Å². The van der Waals surface area contributed by atoms with E-state index in [0.29, 0.717) is 0 Å². The van der Waals surface area contributed by atoms with E-state index in [-0.39, 0.29) is 5.92 Å². The molecule has 7 aromatic rings. The number of rotatable bonds is 2. The third-order valence-corrected chi connectivity index (χ3v) is 8.88. The molecule has 0 N–H and O–H groups in total. The first-order valence-corrected chi connectivity index (χ1v) is 14.2. The Balaban J connectivity index is 1.13. The summed E-state index contributed by atoms with van der Waals surface area (Å²) < 4.78 is 0. The summed E-state index contributed by atoms with van der Waals surface area (Å²) in [5.41, 5.74) is 13.7. The lowest BCUT2D eigenvalue weighted by Gasteiger charge is -2.27. The molecular weight excluding hydrogens is 494 g/mol. The minimum atomic E-state index is 0.207. The van der Waals surface area contributed by atoms with Gasteiger partial charge >= 0.3 is 0 Å². The molecule has 0 saturated heterocycles. The van der Waals surface area contributed by atoms with E-state index in [2.05, 4.69) is 146 Å². The van der Waals surface area contributed by atoms with Crippen molar-refractivity contribution in [3.8, 4) is 33.4 Å². The van der Waals surface area contributed by atoms with Crippen LogP contribution in [0.1, 0.15) is 22.6 Å². The fraction of sp³-hybridized carbons (Fsp3) is 0.0250. The molecule has 1 nitrogen and oxygen atoms in total. The summed E-state index contributed by atoms with van der Waals surface area (Å²) in [7, 11) is 0. The average Bonchev–Trinajstić information content (AvgIpc) is 3.44. The largest absolute Gasteiger partial charge is 0.251 e. The maximum atomic E-state index is 5.12. The molecule has 1 atom stereocenters. The number of hydrogen-bond donors (Lipinski definition) is 0. The summed E-state index contributed by atoms with van der Waals surface area (Å²) in [6.45, 7) is 0. The van der Waals surface area contributed by atoms with Crippen LogP contribution in [0.5, 0.6) is 0 Å². The van der Waals surface area contributed by atoms with Crippen molar-refractivity contribution in [2.75, 3.05) is 0 Å². The lowest BCUT2D eigenvalue weighted by Crippen LogP contribution is -2.18. The van der Waals surface area contributed by atoms with Crippen molar-refractivity contribution in [1.82, 2.24) is 0 Å². The predicted molar refractivity (Wildman–Crippen MR) is 172 cm³/mol. The Kier molecular flexibility index (Phi) is 4.73. The smallest absolute Gasteiger partial charge is 0.0675 e. The van der Waals surface area contributed by atoms with Gasteiger partial charge in [0, 0.05) is 5.56 Å². The molecule has 41 heavy (non-hydrogen) atoms. The number of para-hydroxylation sites is 1. The van der Waals surface area contributed by atoms with Gasteiger partial charge in [-0.3, -0.25) is 4.99 Å². The zero-order valence-corrected chi connectivity index (χ0v) is 22.4. The van der Waals surface area contributed by atoms with Crippen LogP contribution in [0.25, 0.3) is 54.9 Å². The van der Waals surface area contributed by atoms with Crippen molar-refractivity contribution >= 4 is 32.9 Å². The number of benzene rings is 7. The van der Waals surface area contributed by atoms with E-state index in [9.17, 15) is 0 Å². The van der Waals surface area contributed by atoms with Gasteiger partial charge in [-0.25, -0.2) is 0 Å². The predicted octanol–water partition coefficient (Wildman–Crippen LogP) is 10.6. The Morgan fingerprint density at radius 3 is 1.66 bits per heavy atom. The Labute approximate surface area is 239 Å². The minimum absolute atomic E-state index is 0.207. The molecule has 1 aliphatic heterocycles. The maximum Gasteiger partial charge on any atom is 0.0675 e. The number of aliphatic imine (C=N–C) groups is 1. The number of hydrogen-bond acceptors (Lipinski definition) is 1. The second kappa shape index (κ2) is 8.61. The standard InChI is InChI=1S/C40H25N/c1-2-8-26-21-27(14-13-25(26)7-1)28-15-16-30-23-31(18-17-29(30)22-28)32-19-20-35-37(24-32)33-9-3-4-10-34(33)39-36-11-5-6-12-38(36)41-40(35)39/h1-24,39H. The molecule has 1 unspecified atom stereocenters. The van der Waals surface area contributed by atoms with E-state index in [1.807, 2.05) is 0 Å². The van der Waals surface area contributed by atoms with Crippen molar-refractivity contribution in [1.29, 1.82) is 0 Å². The lowest BCUT2D eigenvalue weighted by molar-refractivity contribution is 1.10. The van der Waals surface area contributed by atoms with Crippen molar-refractivity contribution in [2.24, 2.45) is 4.99 Å². The van der Waals surface area contributed by atoms with Crippen LogP contribution < -0.4 is 0 Å². The molecule has 1 aliphatic carbocycles. The van der Waals surface area contributed by atoms with Crippen molar-refractivity contribution in [3.05, 3.63) is 162 Å². The van der Waals surface area contributed by atoms with Gasteiger partial charge in [0.25, 0.3) is 0 Å². The Morgan fingerprint density at radius 1 is 0.366 bits per heavy atom. The molecule has 1 heterocycles. The summed E-state index contributed by atoms with van der Waals surface area (Å²) in [6, 6.07) is 53.3. The van der Waals surface area contributed by atoms with Crippen LogP contribution in [0.4, 0.5) is 5.69 Å². The second-order valence-corrected chi connectivity index (χ2v) is 11.2. The average molecular weight is 520 g/mol. The zero-order valence-electron chi connectivity index (χ0n) is 22.4. The molecule has 0 spiro atoms. The first kappa shape index (κ1) is 22.5. The Hall–Kier alpha value is -5.27. The number of nitrogens with zero attached hydrogens (tertiary/aromatic N) is 1. The molecule has 2 aliphatic rings. The van der Waals surface area contributed by atoms with Crippen LogP contribution >= 0.6 is 0 Å². The topological polar surface area (TPSA) is 12.4 Å². The summed E-state index contributed by atoms with van der Waals surface area (Å²) in [4.78, 5) is 5.12. The lowest BCUT2D eigenvalue weighted by atomic mass is 9.75. The van der Waals surface area contributed by atoms with Gasteiger partial charge in [0.15, 0.2) is 0 Å². The minimum Gasteiger partial charge on any atom is -0.251 e. The molecule has 9 rings (SSSR count). The third-order valence-electron chi connectivity index (χ3n) is 8.88. The molecule has 0 radical (unpaired) electrons. The van der Waals surface area contributed by atoms with Crippen LogP contribution in [0.3, 0.4) is 0 Å². The van der Waals surface area contributed by atoms with E-state index in [0.717, 1.165) is 5.69 Å². The summed E-state index contributed by atoms with van der Waals surface area (Å²) in [5.74, 6) is 0.207. The molecular formula is C40H25N. The second-order valence-electron chi connectivity index (χ2n) is 11.2. The van der Waals surface area contributed by atoms with E-state index in [4.69, 9.17) is 4.99 Å². The van der Waals surface area contributed by atoms with E-state index in [1.165, 1.54) is 77.3 Å². The molecule has 1 heteroatoms. The van der Waals surface area contributed by atoms with Crippen molar-refractivity contribution < 1.29 is 0 Å². The summed E-state index contributed by atoms with van der Waals surface area (Å²) in [5, 5.41) is 5.05. The van der Waals surface area contributed by atoms with Gasteiger partial charge in [0.2, 0.25) is 0 Å². The van der Waals surface area contributed by atoms with Gasteiger partial charge in [-0.2, -0.15) is 0 Å². The van der Waals surface area contributed by atoms with Crippen LogP contribution in [-0.2, 0) is 0 Å². The van der Waals surface area contributed by atoms with E-state index in [1.54, 1.807) is 0 Å². The van der Waals surface area contributed by atoms with Crippen LogP contribution in [0.15, 0.2) is 151 Å². The third kappa shape index (κ3) is 3.46. The van der Waals surface area contributed by atoms with Crippen LogP contribution in [0.2, 0.25) is 0 Å². The van der Waals surface area contributed by atoms with Gasteiger partial charge in [-0.1, -0.05) is 115 Å². The molecule has 7 aromatic carbocycles. The Morgan fingerprint density at radius 2 is 0.902 bits per heavy atom. The Bertz CT molecular complexity index is 2220. The fourth-order valence-electron chi connectivity index (χ4n) is 6.84. The molecule has 0 aromatic heterocycles. The SMILES string of the molecule is c1ccc2c(c1)N=C1c3ccc(-c4ccc5cc(-c6ccc7ccccc7c6)ccc5c4)cc3-c3ccccc3C12. The summed E-state index contributed by atoms with van der Waals surface area (Å²) >= 11 is 0. The molecule has 0 amide bonds. The highest BCUT2D eigenvalue weighted by atomic mass is 14.8. The highest BCUT2D eigenvalue weighted by molar-refractivity contribution is 6.18. The van der Waals surface area contributed by atoms with Gasteiger partial charge in [-0.05, 0) is 96.4 Å². The molecule has 0 fully saturated rings.